The molecule has 0 amide bonds. The smallest absolute Gasteiger partial charge is 0.137 e. The molecule has 0 spiro atoms. The molecule has 0 radical (unpaired) electrons. The molecule has 0 bridgehead atoms. The minimum atomic E-state index is -0.305. The number of aliphatic hydroxyl groups excluding tert-OH is 2. The molecule has 0 aliphatic heterocycles. The highest BCUT2D eigenvalue weighted by molar-refractivity contribution is 5.84. The number of hydrogen-bond donors (Lipinski definition) is 2. The van der Waals surface area contributed by atoms with E-state index in [2.05, 4.69) is 13.8 Å². The van der Waals surface area contributed by atoms with Gasteiger partial charge in [-0.05, 0) is 86.4 Å². The molecule has 0 heterocycles. The maximum absolute atomic E-state index is 13.3. The summed E-state index contributed by atoms with van der Waals surface area (Å²) in [6.45, 7) is 6.55. The van der Waals surface area contributed by atoms with Gasteiger partial charge in [-0.3, -0.25) is 4.79 Å². The molecule has 3 nitrogen and oxygen atoms in total. The Kier molecular flexibility index (Phi) is 3.93. The maximum atomic E-state index is 13.3. The van der Waals surface area contributed by atoms with Crippen LogP contribution in [0.4, 0.5) is 0 Å². The lowest BCUT2D eigenvalue weighted by Gasteiger charge is -2.60. The van der Waals surface area contributed by atoms with E-state index in [4.69, 9.17) is 0 Å². The number of hydrogen-bond acceptors (Lipinski definition) is 3. The van der Waals surface area contributed by atoms with E-state index in [1.165, 1.54) is 12.8 Å². The molecule has 24 heavy (non-hydrogen) atoms. The van der Waals surface area contributed by atoms with E-state index in [9.17, 15) is 15.0 Å². The van der Waals surface area contributed by atoms with Crippen molar-refractivity contribution in [3.8, 4) is 0 Å². The van der Waals surface area contributed by atoms with Crippen LogP contribution in [0.5, 0.6) is 0 Å². The van der Waals surface area contributed by atoms with Gasteiger partial charge in [0.2, 0.25) is 0 Å². The highest BCUT2D eigenvalue weighted by atomic mass is 16.3. The fraction of sp³-hybridized carbons (Fsp3) is 0.952. The van der Waals surface area contributed by atoms with Crippen molar-refractivity contribution in [2.45, 2.75) is 84.3 Å². The monoisotopic (exact) mass is 334 g/mol. The van der Waals surface area contributed by atoms with Crippen LogP contribution in [0, 0.1) is 40.4 Å². The molecule has 2 N–H and O–H groups in total. The Hall–Kier alpha value is -0.410. The summed E-state index contributed by atoms with van der Waals surface area (Å²) < 4.78 is 0. The van der Waals surface area contributed by atoms with Gasteiger partial charge in [-0.15, -0.1) is 0 Å². The maximum Gasteiger partial charge on any atom is 0.137 e. The van der Waals surface area contributed by atoms with Gasteiger partial charge in [0.1, 0.15) is 5.78 Å². The topological polar surface area (TPSA) is 57.5 Å². The molecule has 4 aliphatic rings. The number of Topliss-reactive ketones (excluding diaryl/α,β-unsaturated/α-hetero) is 1. The molecule has 0 aromatic rings. The van der Waals surface area contributed by atoms with Gasteiger partial charge in [-0.1, -0.05) is 13.8 Å². The highest BCUT2D eigenvalue weighted by Gasteiger charge is 2.63. The zero-order valence-electron chi connectivity index (χ0n) is 15.5. The van der Waals surface area contributed by atoms with Crippen LogP contribution in [0.2, 0.25) is 0 Å². The average molecular weight is 335 g/mol. The lowest BCUT2D eigenvalue weighted by atomic mass is 9.44. The molecule has 4 rings (SSSR count). The van der Waals surface area contributed by atoms with Crippen LogP contribution in [0.25, 0.3) is 0 Å². The quantitative estimate of drug-likeness (QED) is 0.771. The van der Waals surface area contributed by atoms with Crippen LogP contribution in [-0.4, -0.2) is 28.2 Å². The molecular formula is C21H34O3. The van der Waals surface area contributed by atoms with E-state index in [1.54, 1.807) is 0 Å². The number of ketones is 1. The molecule has 4 fully saturated rings. The third-order valence-corrected chi connectivity index (χ3v) is 8.98. The van der Waals surface area contributed by atoms with Gasteiger partial charge in [0.15, 0.2) is 0 Å². The zero-order valence-corrected chi connectivity index (χ0v) is 15.5. The Morgan fingerprint density at radius 1 is 1.08 bits per heavy atom. The normalized spacial score (nSPS) is 55.5. The number of fused-ring (bicyclic) bond motifs is 5. The van der Waals surface area contributed by atoms with E-state index in [1.807, 2.05) is 6.92 Å². The lowest BCUT2D eigenvalue weighted by Crippen LogP contribution is -2.58. The summed E-state index contributed by atoms with van der Waals surface area (Å²) in [4.78, 5) is 13.3. The van der Waals surface area contributed by atoms with E-state index in [0.717, 1.165) is 32.1 Å². The second-order valence-electron chi connectivity index (χ2n) is 10.0. The van der Waals surface area contributed by atoms with E-state index in [-0.39, 0.29) is 34.9 Å². The van der Waals surface area contributed by atoms with Crippen molar-refractivity contribution in [2.75, 3.05) is 0 Å². The van der Waals surface area contributed by atoms with Crippen molar-refractivity contribution in [1.82, 2.24) is 0 Å². The van der Waals surface area contributed by atoms with E-state index >= 15 is 0 Å². The Morgan fingerprint density at radius 3 is 2.54 bits per heavy atom. The first-order valence-electron chi connectivity index (χ1n) is 10.2. The van der Waals surface area contributed by atoms with Gasteiger partial charge < -0.3 is 10.2 Å². The first-order valence-corrected chi connectivity index (χ1v) is 10.2. The molecule has 0 saturated heterocycles. The van der Waals surface area contributed by atoms with Crippen molar-refractivity contribution >= 4 is 5.78 Å². The predicted molar refractivity (Wildman–Crippen MR) is 93.3 cm³/mol. The molecule has 4 aliphatic carbocycles. The van der Waals surface area contributed by atoms with Crippen molar-refractivity contribution in [2.24, 2.45) is 40.4 Å². The number of aliphatic hydroxyl groups is 2. The van der Waals surface area contributed by atoms with Gasteiger partial charge in [-0.2, -0.15) is 0 Å². The fourth-order valence-electron chi connectivity index (χ4n) is 7.88. The van der Waals surface area contributed by atoms with Crippen molar-refractivity contribution < 1.29 is 15.0 Å². The average Bonchev–Trinajstić information content (AvgIpc) is 2.84. The zero-order chi connectivity index (χ0) is 17.3. The van der Waals surface area contributed by atoms with Gasteiger partial charge in [-0.25, -0.2) is 0 Å². The summed E-state index contributed by atoms with van der Waals surface area (Å²) in [5.41, 5.74) is 0.104. The summed E-state index contributed by atoms with van der Waals surface area (Å²) in [5, 5.41) is 20.4. The third-order valence-electron chi connectivity index (χ3n) is 8.98. The summed E-state index contributed by atoms with van der Waals surface area (Å²) in [6.07, 6.45) is 7.56. The molecule has 0 unspecified atom stereocenters. The second kappa shape index (κ2) is 5.54. The Balaban J connectivity index is 1.67. The molecule has 3 heteroatoms. The van der Waals surface area contributed by atoms with Crippen molar-refractivity contribution in [3.05, 3.63) is 0 Å². The van der Waals surface area contributed by atoms with Gasteiger partial charge in [0.05, 0.1) is 12.2 Å². The van der Waals surface area contributed by atoms with Crippen LogP contribution in [-0.2, 0) is 4.79 Å². The first-order chi connectivity index (χ1) is 11.3. The standard InChI is InChI=1S/C21H34O3/c1-12(22)16-6-7-17-15-5-4-13-10-14(23)8-9-20(13,2)19(15)18(24)11-21(16,17)3/h12-17,19,22-23H,4-11H2,1-3H3/t12-,13-,14+,15+,16-,17+,19-,20+,21-/m1/s1. The van der Waals surface area contributed by atoms with Crippen LogP contribution >= 0.6 is 0 Å². The summed E-state index contributed by atoms with van der Waals surface area (Å²) in [5.74, 6) is 2.58. The van der Waals surface area contributed by atoms with Crippen LogP contribution < -0.4 is 0 Å². The van der Waals surface area contributed by atoms with E-state index in [0.29, 0.717) is 30.0 Å². The van der Waals surface area contributed by atoms with Gasteiger partial charge in [0.25, 0.3) is 0 Å². The molecule has 0 aromatic heterocycles. The summed E-state index contributed by atoms with van der Waals surface area (Å²) >= 11 is 0. The van der Waals surface area contributed by atoms with Crippen LogP contribution in [0.3, 0.4) is 0 Å². The molecule has 136 valence electrons. The third kappa shape index (κ3) is 2.19. The van der Waals surface area contributed by atoms with Gasteiger partial charge in [0, 0.05) is 12.3 Å². The van der Waals surface area contributed by atoms with Gasteiger partial charge >= 0.3 is 0 Å². The number of rotatable bonds is 1. The fourth-order valence-corrected chi connectivity index (χ4v) is 7.88. The minimum absolute atomic E-state index is 0.00376. The second-order valence-corrected chi connectivity index (χ2v) is 10.0. The predicted octanol–water partition coefficient (Wildman–Crippen LogP) is 3.57. The van der Waals surface area contributed by atoms with Crippen molar-refractivity contribution in [1.29, 1.82) is 0 Å². The summed E-state index contributed by atoms with van der Waals surface area (Å²) in [6, 6.07) is 0. The number of carbonyl (C=O) groups is 1. The lowest BCUT2D eigenvalue weighted by molar-refractivity contribution is -0.163. The first kappa shape index (κ1) is 17.0. The van der Waals surface area contributed by atoms with E-state index < -0.39 is 0 Å². The highest BCUT2D eigenvalue weighted by Crippen LogP contribution is 2.66. The van der Waals surface area contributed by atoms with Crippen molar-refractivity contribution in [3.63, 3.8) is 0 Å². The molecule has 0 aromatic carbocycles. The largest absolute Gasteiger partial charge is 0.393 e. The number of carbonyl (C=O) groups excluding carboxylic acids is 1. The molecular weight excluding hydrogens is 300 g/mol. The molecule has 9 atom stereocenters. The Bertz CT molecular complexity index is 529. The Labute approximate surface area is 146 Å². The molecule has 4 saturated carbocycles. The Morgan fingerprint density at radius 2 is 1.83 bits per heavy atom. The summed E-state index contributed by atoms with van der Waals surface area (Å²) in [7, 11) is 0. The van der Waals surface area contributed by atoms with Crippen LogP contribution in [0.1, 0.15) is 72.1 Å². The SMILES string of the molecule is C[C@@H](O)[C@H]1CC[C@H]2[C@@H]3CC[C@@H]4C[C@@H](O)CC[C@]4(C)[C@H]3C(=O)C[C@]12C. The van der Waals surface area contributed by atoms with Crippen LogP contribution in [0.15, 0.2) is 0 Å². The minimum Gasteiger partial charge on any atom is -0.393 e.